The number of allylic oxidation sites excluding steroid dienone is 1. The number of likely N-dealkylation sites (tertiary alicyclic amines) is 1. The molecule has 0 saturated carbocycles. The third kappa shape index (κ3) is 3.44. The van der Waals surface area contributed by atoms with Gasteiger partial charge in [-0.15, -0.1) is 0 Å². The number of hydrogen-bond acceptors (Lipinski definition) is 5. The maximum atomic E-state index is 11.8. The van der Waals surface area contributed by atoms with Crippen LogP contribution in [-0.2, 0) is 11.8 Å². The highest BCUT2D eigenvalue weighted by atomic mass is 35.5. The van der Waals surface area contributed by atoms with E-state index in [2.05, 4.69) is 34.0 Å². The van der Waals surface area contributed by atoms with Crippen LogP contribution in [0.25, 0.3) is 11.1 Å². The van der Waals surface area contributed by atoms with E-state index in [1.54, 1.807) is 6.21 Å². The topological polar surface area (TPSA) is 59.7 Å². The van der Waals surface area contributed by atoms with Gasteiger partial charge in [0.2, 0.25) is 0 Å². The summed E-state index contributed by atoms with van der Waals surface area (Å²) in [6.07, 6.45) is 2.60. The Morgan fingerprint density at radius 1 is 1.29 bits per heavy atom. The summed E-state index contributed by atoms with van der Waals surface area (Å²) in [4.78, 5) is 18.0. The number of aliphatic imine (C=N–C) groups is 1. The summed E-state index contributed by atoms with van der Waals surface area (Å²) in [5.41, 5.74) is 5.09. The first-order valence-electron chi connectivity index (χ1n) is 9.39. The van der Waals surface area contributed by atoms with E-state index < -0.39 is 0 Å². The molecule has 0 N–H and O–H groups in total. The van der Waals surface area contributed by atoms with Crippen molar-refractivity contribution in [3.63, 3.8) is 0 Å². The first-order chi connectivity index (χ1) is 13.4. The molecule has 0 spiro atoms. The van der Waals surface area contributed by atoms with Crippen LogP contribution in [-0.4, -0.2) is 52.4 Å². The van der Waals surface area contributed by atoms with Crippen LogP contribution in [0.2, 0.25) is 0 Å². The normalized spacial score (nSPS) is 19.6. The lowest BCUT2D eigenvalue weighted by Gasteiger charge is -2.22. The van der Waals surface area contributed by atoms with Gasteiger partial charge in [0.05, 0.1) is 17.9 Å². The van der Waals surface area contributed by atoms with Gasteiger partial charge in [-0.3, -0.25) is 14.5 Å². The quantitative estimate of drug-likeness (QED) is 0.793. The summed E-state index contributed by atoms with van der Waals surface area (Å²) >= 11 is 6.19. The predicted molar refractivity (Wildman–Crippen MR) is 110 cm³/mol. The summed E-state index contributed by atoms with van der Waals surface area (Å²) in [5.74, 6) is 0.707. The van der Waals surface area contributed by atoms with Gasteiger partial charge in [-0.2, -0.15) is 5.10 Å². The van der Waals surface area contributed by atoms with Gasteiger partial charge in [0.25, 0.3) is 0 Å². The molecule has 1 atom stereocenters. The fourth-order valence-electron chi connectivity index (χ4n) is 3.86. The monoisotopic (exact) mass is 398 g/mol. The third-order valence-corrected chi connectivity index (χ3v) is 5.74. The van der Waals surface area contributed by atoms with E-state index in [1.807, 2.05) is 30.8 Å². The molecule has 0 unspecified atom stereocenters. The van der Waals surface area contributed by atoms with Crippen molar-refractivity contribution in [2.24, 2.45) is 12.0 Å². The molecule has 1 saturated heterocycles. The number of ketones is 1. The smallest absolute Gasteiger partial charge is 0.197 e. The number of aromatic nitrogens is 2. The van der Waals surface area contributed by atoms with Crippen molar-refractivity contribution in [1.29, 1.82) is 0 Å². The molecule has 1 fully saturated rings. The standard InChI is InChI=1S/C21H23ClN4O2/c1-13-20(14(2)25(3)24-13)15-5-4-6-16(9-15)28-17-7-8-26(12-17)18-10-23-11-19(27)21(18)22/h4-6,9-10,17H,7-8,11-12H2,1-3H3/t17-/m1/s1. The highest BCUT2D eigenvalue weighted by Crippen LogP contribution is 2.31. The molecular weight excluding hydrogens is 376 g/mol. The van der Waals surface area contributed by atoms with Crippen molar-refractivity contribution in [3.05, 3.63) is 46.4 Å². The van der Waals surface area contributed by atoms with Gasteiger partial charge >= 0.3 is 0 Å². The molecule has 4 rings (SSSR count). The molecule has 2 aliphatic heterocycles. The average Bonchev–Trinajstić information content (AvgIpc) is 3.22. The first-order valence-corrected chi connectivity index (χ1v) is 9.77. The van der Waals surface area contributed by atoms with E-state index in [0.717, 1.165) is 41.2 Å². The summed E-state index contributed by atoms with van der Waals surface area (Å²) in [6, 6.07) is 8.14. The summed E-state index contributed by atoms with van der Waals surface area (Å²) < 4.78 is 8.14. The van der Waals surface area contributed by atoms with E-state index >= 15 is 0 Å². The number of benzene rings is 1. The van der Waals surface area contributed by atoms with Crippen molar-refractivity contribution in [2.45, 2.75) is 26.4 Å². The number of Topliss-reactive ketones (excluding diaryl/α,β-unsaturated/α-hetero) is 1. The number of carbonyl (C=O) groups excluding carboxylic acids is 1. The van der Waals surface area contributed by atoms with Crippen LogP contribution in [0.1, 0.15) is 17.8 Å². The van der Waals surface area contributed by atoms with Crippen LogP contribution < -0.4 is 4.74 Å². The molecule has 7 heteroatoms. The maximum absolute atomic E-state index is 11.8. The lowest BCUT2D eigenvalue weighted by atomic mass is 10.0. The Morgan fingerprint density at radius 2 is 2.11 bits per heavy atom. The molecule has 2 aromatic rings. The second kappa shape index (κ2) is 7.43. The third-order valence-electron chi connectivity index (χ3n) is 5.34. The molecule has 1 aromatic carbocycles. The summed E-state index contributed by atoms with van der Waals surface area (Å²) in [6.45, 7) is 5.70. The van der Waals surface area contributed by atoms with Gasteiger partial charge in [-0.25, -0.2) is 0 Å². The second-order valence-corrected chi connectivity index (χ2v) is 7.64. The zero-order valence-corrected chi connectivity index (χ0v) is 17.0. The lowest BCUT2D eigenvalue weighted by molar-refractivity contribution is -0.113. The summed E-state index contributed by atoms with van der Waals surface area (Å²) in [7, 11) is 1.96. The molecule has 1 aromatic heterocycles. The molecular formula is C21H23ClN4O2. The minimum absolute atomic E-state index is 0.0359. The van der Waals surface area contributed by atoms with Crippen molar-refractivity contribution in [3.8, 4) is 16.9 Å². The van der Waals surface area contributed by atoms with E-state index in [1.165, 1.54) is 0 Å². The Labute approximate surface area is 169 Å². The Morgan fingerprint density at radius 3 is 2.86 bits per heavy atom. The van der Waals surface area contributed by atoms with Crippen LogP contribution in [0, 0.1) is 13.8 Å². The molecule has 0 radical (unpaired) electrons. The number of carbonyl (C=O) groups is 1. The first kappa shape index (κ1) is 18.7. The molecule has 6 nitrogen and oxygen atoms in total. The van der Waals surface area contributed by atoms with Crippen molar-refractivity contribution >= 4 is 23.6 Å². The molecule has 0 aliphatic carbocycles. The average molecular weight is 399 g/mol. The van der Waals surface area contributed by atoms with Crippen molar-refractivity contribution < 1.29 is 9.53 Å². The van der Waals surface area contributed by atoms with Crippen LogP contribution in [0.15, 0.2) is 40.0 Å². The molecule has 28 heavy (non-hydrogen) atoms. The van der Waals surface area contributed by atoms with Gasteiger partial charge in [0.1, 0.15) is 23.4 Å². The SMILES string of the molecule is Cc1nn(C)c(C)c1-c1cccc(O[C@@H]2CCN(C3=C(Cl)C(=O)CN=C3)C2)c1. The maximum Gasteiger partial charge on any atom is 0.197 e. The highest BCUT2D eigenvalue weighted by molar-refractivity contribution is 6.44. The Balaban J connectivity index is 1.50. The minimum atomic E-state index is -0.126. The van der Waals surface area contributed by atoms with E-state index in [9.17, 15) is 4.79 Å². The number of halogens is 1. The van der Waals surface area contributed by atoms with Crippen LogP contribution >= 0.6 is 11.6 Å². The molecule has 0 amide bonds. The molecule has 0 bridgehead atoms. The molecule has 2 aliphatic rings. The number of rotatable bonds is 4. The minimum Gasteiger partial charge on any atom is -0.488 e. The number of ether oxygens (including phenoxy) is 1. The van der Waals surface area contributed by atoms with Gasteiger partial charge in [-0.05, 0) is 31.5 Å². The van der Waals surface area contributed by atoms with Gasteiger partial charge in [0.15, 0.2) is 5.78 Å². The van der Waals surface area contributed by atoms with Crippen molar-refractivity contribution in [2.75, 3.05) is 19.6 Å². The van der Waals surface area contributed by atoms with Crippen molar-refractivity contribution in [1.82, 2.24) is 14.7 Å². The lowest BCUT2D eigenvalue weighted by Crippen LogP contribution is -2.28. The Hall–Kier alpha value is -2.60. The van der Waals surface area contributed by atoms with Crippen LogP contribution in [0.3, 0.4) is 0 Å². The van der Waals surface area contributed by atoms with Gasteiger partial charge in [0, 0.05) is 37.5 Å². The van der Waals surface area contributed by atoms with E-state index in [-0.39, 0.29) is 23.5 Å². The van der Waals surface area contributed by atoms with E-state index in [0.29, 0.717) is 12.2 Å². The number of hydrogen-bond donors (Lipinski definition) is 0. The highest BCUT2D eigenvalue weighted by Gasteiger charge is 2.29. The summed E-state index contributed by atoms with van der Waals surface area (Å²) in [5, 5.41) is 4.78. The Bertz CT molecular complexity index is 992. The number of nitrogens with zero attached hydrogens (tertiary/aromatic N) is 4. The van der Waals surface area contributed by atoms with Gasteiger partial charge < -0.3 is 9.64 Å². The van der Waals surface area contributed by atoms with Gasteiger partial charge in [-0.1, -0.05) is 23.7 Å². The zero-order valence-electron chi connectivity index (χ0n) is 16.3. The van der Waals surface area contributed by atoms with E-state index in [4.69, 9.17) is 16.3 Å². The molecule has 146 valence electrons. The zero-order chi connectivity index (χ0) is 19.8. The fourth-order valence-corrected chi connectivity index (χ4v) is 4.08. The van der Waals surface area contributed by atoms with Crippen LogP contribution in [0.4, 0.5) is 0 Å². The largest absolute Gasteiger partial charge is 0.488 e. The Kier molecular flexibility index (Phi) is 4.98. The number of dihydropyridines is 1. The van der Waals surface area contributed by atoms with Crippen LogP contribution in [0.5, 0.6) is 5.75 Å². The predicted octanol–water partition coefficient (Wildman–Crippen LogP) is 3.26. The number of aryl methyl sites for hydroxylation is 2. The molecule has 3 heterocycles. The second-order valence-electron chi connectivity index (χ2n) is 7.26. The fraction of sp³-hybridized carbons (Fsp3) is 0.381.